The van der Waals surface area contributed by atoms with Gasteiger partial charge in [-0.25, -0.2) is 0 Å². The van der Waals surface area contributed by atoms with E-state index in [0.717, 1.165) is 6.42 Å². The van der Waals surface area contributed by atoms with Gasteiger partial charge in [0, 0.05) is 31.6 Å². The summed E-state index contributed by atoms with van der Waals surface area (Å²) in [4.78, 5) is 23.4. The summed E-state index contributed by atoms with van der Waals surface area (Å²) in [5, 5.41) is 2.84. The molecule has 0 unspecified atom stereocenters. The summed E-state index contributed by atoms with van der Waals surface area (Å²) >= 11 is 0. The number of hydrogen-bond acceptors (Lipinski definition) is 3. The van der Waals surface area contributed by atoms with Gasteiger partial charge in [-0.2, -0.15) is 0 Å². The second kappa shape index (κ2) is 10.1. The number of rotatable bonds is 10. The minimum absolute atomic E-state index is 0.000378. The molecular weight excluding hydrogens is 266 g/mol. The average Bonchev–Trinajstić information content (AvgIpc) is 2.47. The van der Waals surface area contributed by atoms with Gasteiger partial charge in [-0.15, -0.1) is 0 Å². The van der Waals surface area contributed by atoms with Gasteiger partial charge in [-0.05, 0) is 26.7 Å². The lowest BCUT2D eigenvalue weighted by Gasteiger charge is -2.08. The zero-order valence-corrected chi connectivity index (χ0v) is 12.9. The molecule has 0 saturated heterocycles. The topological polar surface area (TPSA) is 55.4 Å². The van der Waals surface area contributed by atoms with Crippen LogP contribution in [0, 0.1) is 0 Å². The van der Waals surface area contributed by atoms with E-state index in [9.17, 15) is 9.59 Å². The molecule has 0 aromatic heterocycles. The number of ether oxygens (including phenoxy) is 1. The summed E-state index contributed by atoms with van der Waals surface area (Å²) in [6.45, 7) is 5.26. The van der Waals surface area contributed by atoms with Gasteiger partial charge in [0.15, 0.2) is 5.78 Å². The van der Waals surface area contributed by atoms with Crippen LogP contribution in [-0.4, -0.2) is 30.9 Å². The fraction of sp³-hybridized carbons (Fsp3) is 0.529. The molecule has 1 amide bonds. The van der Waals surface area contributed by atoms with Crippen molar-refractivity contribution in [2.75, 3.05) is 13.2 Å². The van der Waals surface area contributed by atoms with E-state index >= 15 is 0 Å². The smallest absolute Gasteiger partial charge is 0.220 e. The third kappa shape index (κ3) is 8.25. The van der Waals surface area contributed by atoms with Gasteiger partial charge in [-0.1, -0.05) is 30.3 Å². The van der Waals surface area contributed by atoms with Crippen molar-refractivity contribution >= 4 is 11.7 Å². The van der Waals surface area contributed by atoms with Gasteiger partial charge in [0.05, 0.1) is 6.10 Å². The lowest BCUT2D eigenvalue weighted by Crippen LogP contribution is -2.25. The number of hydrogen-bond donors (Lipinski definition) is 1. The first-order valence-electron chi connectivity index (χ1n) is 7.56. The molecule has 1 aromatic carbocycles. The van der Waals surface area contributed by atoms with Crippen LogP contribution < -0.4 is 5.32 Å². The number of nitrogens with one attached hydrogen (secondary N) is 1. The van der Waals surface area contributed by atoms with Gasteiger partial charge in [-0.3, -0.25) is 9.59 Å². The molecule has 4 heteroatoms. The van der Waals surface area contributed by atoms with Gasteiger partial charge < -0.3 is 10.1 Å². The monoisotopic (exact) mass is 291 g/mol. The molecule has 0 saturated carbocycles. The molecule has 0 aliphatic carbocycles. The van der Waals surface area contributed by atoms with Crippen molar-refractivity contribution in [3.8, 4) is 0 Å². The van der Waals surface area contributed by atoms with Crippen molar-refractivity contribution in [2.45, 2.75) is 45.6 Å². The van der Waals surface area contributed by atoms with Crippen LogP contribution >= 0.6 is 0 Å². The minimum Gasteiger partial charge on any atom is -0.379 e. The van der Waals surface area contributed by atoms with E-state index in [4.69, 9.17) is 4.74 Å². The lowest BCUT2D eigenvalue weighted by atomic mass is 10.1. The Balaban J connectivity index is 2.07. The first-order chi connectivity index (χ1) is 10.1. The Morgan fingerprint density at radius 1 is 1.10 bits per heavy atom. The van der Waals surface area contributed by atoms with Gasteiger partial charge in [0.2, 0.25) is 5.91 Å². The second-order valence-electron chi connectivity index (χ2n) is 5.27. The molecule has 1 rings (SSSR count). The maximum absolute atomic E-state index is 11.8. The first kappa shape index (κ1) is 17.4. The fourth-order valence-corrected chi connectivity index (χ4v) is 1.89. The fourth-order valence-electron chi connectivity index (χ4n) is 1.89. The molecule has 0 spiro atoms. The summed E-state index contributed by atoms with van der Waals surface area (Å²) < 4.78 is 5.39. The number of Topliss-reactive ketones (excluding diaryl/α,β-unsaturated/α-hetero) is 1. The molecule has 1 N–H and O–H groups in total. The highest BCUT2D eigenvalue weighted by molar-refractivity contribution is 5.96. The molecular formula is C17H25NO3. The molecule has 0 heterocycles. The first-order valence-corrected chi connectivity index (χ1v) is 7.56. The van der Waals surface area contributed by atoms with Crippen molar-refractivity contribution < 1.29 is 14.3 Å². The van der Waals surface area contributed by atoms with Crippen molar-refractivity contribution in [1.29, 1.82) is 0 Å². The Morgan fingerprint density at radius 2 is 1.81 bits per heavy atom. The zero-order chi connectivity index (χ0) is 15.5. The van der Waals surface area contributed by atoms with E-state index in [1.807, 2.05) is 32.0 Å². The number of amides is 1. The van der Waals surface area contributed by atoms with E-state index in [1.54, 1.807) is 12.1 Å². The number of carbonyl (C=O) groups excluding carboxylic acids is 2. The Kier molecular flexibility index (Phi) is 8.36. The van der Waals surface area contributed by atoms with Crippen LogP contribution in [0.1, 0.15) is 49.9 Å². The molecule has 4 nitrogen and oxygen atoms in total. The minimum atomic E-state index is 0.000378. The van der Waals surface area contributed by atoms with Crippen LogP contribution in [-0.2, 0) is 9.53 Å². The summed E-state index contributed by atoms with van der Waals surface area (Å²) in [7, 11) is 0. The maximum atomic E-state index is 11.8. The quantitative estimate of drug-likeness (QED) is 0.532. The summed E-state index contributed by atoms with van der Waals surface area (Å²) in [5.74, 6) is 0.0918. The standard InChI is InChI=1S/C17H25NO3/c1-14(2)21-13-7-12-18-17(20)11-6-10-16(19)15-8-4-3-5-9-15/h3-5,8-9,14H,6-7,10-13H2,1-2H3,(H,18,20). The molecule has 21 heavy (non-hydrogen) atoms. The predicted octanol–water partition coefficient (Wildman–Crippen LogP) is 2.97. The summed E-state index contributed by atoms with van der Waals surface area (Å²) in [6, 6.07) is 9.18. The van der Waals surface area contributed by atoms with Crippen molar-refractivity contribution in [1.82, 2.24) is 5.32 Å². The molecule has 0 aliphatic rings. The molecule has 0 fully saturated rings. The number of benzene rings is 1. The molecule has 0 aliphatic heterocycles. The highest BCUT2D eigenvalue weighted by atomic mass is 16.5. The van der Waals surface area contributed by atoms with Gasteiger partial charge in [0.25, 0.3) is 0 Å². The second-order valence-corrected chi connectivity index (χ2v) is 5.27. The number of carbonyl (C=O) groups is 2. The van der Waals surface area contributed by atoms with Gasteiger partial charge in [0.1, 0.15) is 0 Å². The Labute approximate surface area is 126 Å². The predicted molar refractivity (Wildman–Crippen MR) is 83.3 cm³/mol. The maximum Gasteiger partial charge on any atom is 0.220 e. The van der Waals surface area contributed by atoms with Crippen LogP contribution in [0.3, 0.4) is 0 Å². The van der Waals surface area contributed by atoms with Gasteiger partial charge >= 0.3 is 0 Å². The van der Waals surface area contributed by atoms with Crippen LogP contribution in [0.15, 0.2) is 30.3 Å². The van der Waals surface area contributed by atoms with Crippen molar-refractivity contribution in [2.24, 2.45) is 0 Å². The third-order valence-electron chi connectivity index (χ3n) is 3.00. The lowest BCUT2D eigenvalue weighted by molar-refractivity contribution is -0.121. The molecule has 0 radical (unpaired) electrons. The van der Waals surface area contributed by atoms with Crippen LogP contribution in [0.4, 0.5) is 0 Å². The molecule has 116 valence electrons. The van der Waals surface area contributed by atoms with E-state index in [0.29, 0.717) is 38.0 Å². The van der Waals surface area contributed by atoms with Crippen LogP contribution in [0.25, 0.3) is 0 Å². The summed E-state index contributed by atoms with van der Waals surface area (Å²) in [6.07, 6.45) is 2.43. The van der Waals surface area contributed by atoms with E-state index in [1.165, 1.54) is 0 Å². The third-order valence-corrected chi connectivity index (χ3v) is 3.00. The number of ketones is 1. The van der Waals surface area contributed by atoms with E-state index in [-0.39, 0.29) is 17.8 Å². The Hall–Kier alpha value is -1.68. The largest absolute Gasteiger partial charge is 0.379 e. The molecule has 0 bridgehead atoms. The van der Waals surface area contributed by atoms with Crippen molar-refractivity contribution in [3.05, 3.63) is 35.9 Å². The SMILES string of the molecule is CC(C)OCCCNC(=O)CCCC(=O)c1ccccc1. The summed E-state index contributed by atoms with van der Waals surface area (Å²) in [5.41, 5.74) is 0.712. The Morgan fingerprint density at radius 3 is 2.48 bits per heavy atom. The molecule has 0 atom stereocenters. The highest BCUT2D eigenvalue weighted by Gasteiger charge is 2.07. The van der Waals surface area contributed by atoms with Crippen molar-refractivity contribution in [3.63, 3.8) is 0 Å². The average molecular weight is 291 g/mol. The highest BCUT2D eigenvalue weighted by Crippen LogP contribution is 2.06. The van der Waals surface area contributed by atoms with Crippen LogP contribution in [0.2, 0.25) is 0 Å². The Bertz CT molecular complexity index is 429. The normalized spacial score (nSPS) is 10.6. The van der Waals surface area contributed by atoms with E-state index < -0.39 is 0 Å². The van der Waals surface area contributed by atoms with Crippen LogP contribution in [0.5, 0.6) is 0 Å². The zero-order valence-electron chi connectivity index (χ0n) is 12.9. The van der Waals surface area contributed by atoms with E-state index in [2.05, 4.69) is 5.32 Å². The molecule has 1 aromatic rings.